The Morgan fingerprint density at radius 2 is 1.95 bits per heavy atom. The first kappa shape index (κ1) is 14.8. The molecule has 0 unspecified atom stereocenters. The number of amidine groups is 1. The van der Waals surface area contributed by atoms with Crippen molar-refractivity contribution in [1.29, 1.82) is 5.41 Å². The number of halogens is 1. The topological polar surface area (TPSA) is 59.1 Å². The van der Waals surface area contributed by atoms with Crippen LogP contribution in [-0.4, -0.2) is 18.2 Å². The van der Waals surface area contributed by atoms with Crippen molar-refractivity contribution in [3.63, 3.8) is 0 Å². The van der Waals surface area contributed by atoms with E-state index < -0.39 is 0 Å². The lowest BCUT2D eigenvalue weighted by molar-refractivity contribution is 0.344. The van der Waals surface area contributed by atoms with E-state index in [1.54, 1.807) is 30.0 Å². The van der Waals surface area contributed by atoms with Crippen LogP contribution in [0.5, 0.6) is 5.75 Å². The highest BCUT2D eigenvalue weighted by atomic mass is 35.5. The quantitative estimate of drug-likeness (QED) is 0.369. The van der Waals surface area contributed by atoms with Crippen LogP contribution >= 0.6 is 23.4 Å². The summed E-state index contributed by atoms with van der Waals surface area (Å²) in [6, 6.07) is 15.3. The molecule has 0 spiro atoms. The molecule has 0 fully saturated rings. The Labute approximate surface area is 127 Å². The lowest BCUT2D eigenvalue weighted by atomic mass is 10.2. The third-order valence-electron chi connectivity index (χ3n) is 2.59. The van der Waals surface area contributed by atoms with Crippen molar-refractivity contribution in [1.82, 2.24) is 0 Å². The zero-order valence-electron chi connectivity index (χ0n) is 10.8. The summed E-state index contributed by atoms with van der Waals surface area (Å²) in [7, 11) is 0. The summed E-state index contributed by atoms with van der Waals surface area (Å²) in [6.45, 7) is 0.593. The first-order valence-corrected chi connectivity index (χ1v) is 7.48. The fourth-order valence-electron chi connectivity index (χ4n) is 1.64. The van der Waals surface area contributed by atoms with Crippen LogP contribution in [0.1, 0.15) is 5.56 Å². The lowest BCUT2D eigenvalue weighted by Crippen LogP contribution is -2.11. The van der Waals surface area contributed by atoms with Crippen molar-refractivity contribution in [2.75, 3.05) is 12.4 Å². The molecule has 0 heterocycles. The summed E-state index contributed by atoms with van der Waals surface area (Å²) in [5.41, 5.74) is 5.93. The van der Waals surface area contributed by atoms with Gasteiger partial charge in [0, 0.05) is 16.2 Å². The maximum absolute atomic E-state index is 7.36. The number of hydrogen-bond acceptors (Lipinski definition) is 3. The predicted octanol–water partition coefficient (Wildman–Crippen LogP) is 3.80. The number of nitrogen functional groups attached to an aromatic ring is 1. The molecule has 2 aromatic rings. The standard InChI is InChI=1S/C15H15ClN2OS/c16-14-10-11(6-7-13(14)15(17)18)19-8-9-20-12-4-2-1-3-5-12/h1-7,10H,8-9H2,(H3,17,18). The molecule has 0 aromatic heterocycles. The third-order valence-corrected chi connectivity index (χ3v) is 3.88. The van der Waals surface area contributed by atoms with Crippen molar-refractivity contribution >= 4 is 29.2 Å². The summed E-state index contributed by atoms with van der Waals surface area (Å²) < 4.78 is 5.63. The van der Waals surface area contributed by atoms with Crippen molar-refractivity contribution in [2.24, 2.45) is 5.73 Å². The number of ether oxygens (including phenoxy) is 1. The molecule has 5 heteroatoms. The van der Waals surface area contributed by atoms with Crippen LogP contribution in [-0.2, 0) is 0 Å². The number of benzene rings is 2. The normalized spacial score (nSPS) is 10.2. The molecule has 0 aliphatic heterocycles. The van der Waals surface area contributed by atoms with E-state index in [4.69, 9.17) is 27.5 Å². The molecule has 0 aliphatic carbocycles. The molecule has 2 rings (SSSR count). The lowest BCUT2D eigenvalue weighted by Gasteiger charge is -2.08. The van der Waals surface area contributed by atoms with E-state index in [2.05, 4.69) is 12.1 Å². The third kappa shape index (κ3) is 4.18. The molecule has 0 saturated heterocycles. The Balaban J connectivity index is 1.83. The maximum Gasteiger partial charge on any atom is 0.124 e. The highest BCUT2D eigenvalue weighted by molar-refractivity contribution is 7.99. The summed E-state index contributed by atoms with van der Waals surface area (Å²) in [4.78, 5) is 1.22. The van der Waals surface area contributed by atoms with Crippen molar-refractivity contribution in [3.05, 3.63) is 59.1 Å². The van der Waals surface area contributed by atoms with Gasteiger partial charge in [0.2, 0.25) is 0 Å². The van der Waals surface area contributed by atoms with Crippen LogP contribution in [0.4, 0.5) is 0 Å². The highest BCUT2D eigenvalue weighted by Crippen LogP contribution is 2.23. The fraction of sp³-hybridized carbons (Fsp3) is 0.133. The molecule has 0 bridgehead atoms. The Kier molecular flexibility index (Phi) is 5.32. The Morgan fingerprint density at radius 3 is 2.60 bits per heavy atom. The summed E-state index contributed by atoms with van der Waals surface area (Å²) in [5.74, 6) is 1.51. The molecule has 0 atom stereocenters. The largest absolute Gasteiger partial charge is 0.493 e. The molecule has 3 nitrogen and oxygen atoms in total. The maximum atomic E-state index is 7.36. The second-order valence-corrected chi connectivity index (χ2v) is 5.64. The minimum Gasteiger partial charge on any atom is -0.493 e. The SMILES string of the molecule is N=C(N)c1ccc(OCCSc2ccccc2)cc1Cl. The Morgan fingerprint density at radius 1 is 1.20 bits per heavy atom. The molecule has 0 amide bonds. The van der Waals surface area contributed by atoms with Crippen molar-refractivity contribution in [3.8, 4) is 5.75 Å². The molecule has 20 heavy (non-hydrogen) atoms. The molecule has 104 valence electrons. The second-order valence-electron chi connectivity index (χ2n) is 4.07. The smallest absolute Gasteiger partial charge is 0.124 e. The van der Waals surface area contributed by atoms with E-state index in [1.807, 2.05) is 18.2 Å². The van der Waals surface area contributed by atoms with E-state index in [0.717, 1.165) is 5.75 Å². The van der Waals surface area contributed by atoms with Crippen LogP contribution in [0.3, 0.4) is 0 Å². The summed E-state index contributed by atoms with van der Waals surface area (Å²) in [5, 5.41) is 7.79. The Bertz CT molecular complexity index is 590. The highest BCUT2D eigenvalue weighted by Gasteiger charge is 2.05. The van der Waals surface area contributed by atoms with Crippen LogP contribution in [0.2, 0.25) is 5.02 Å². The van der Waals surface area contributed by atoms with E-state index in [0.29, 0.717) is 22.9 Å². The van der Waals surface area contributed by atoms with Gasteiger partial charge >= 0.3 is 0 Å². The van der Waals surface area contributed by atoms with E-state index in [-0.39, 0.29) is 5.84 Å². The van der Waals surface area contributed by atoms with Crippen molar-refractivity contribution < 1.29 is 4.74 Å². The predicted molar refractivity (Wildman–Crippen MR) is 85.1 cm³/mol. The number of nitrogens with one attached hydrogen (secondary N) is 1. The molecule has 0 aliphatic rings. The second kappa shape index (κ2) is 7.22. The van der Waals surface area contributed by atoms with Crippen LogP contribution in [0.15, 0.2) is 53.4 Å². The van der Waals surface area contributed by atoms with Crippen molar-refractivity contribution in [2.45, 2.75) is 4.90 Å². The zero-order valence-corrected chi connectivity index (χ0v) is 12.4. The fourth-order valence-corrected chi connectivity index (χ4v) is 2.66. The van der Waals surface area contributed by atoms with Gasteiger partial charge in [0.25, 0.3) is 0 Å². The molecule has 2 aromatic carbocycles. The number of hydrogen-bond donors (Lipinski definition) is 2. The summed E-state index contributed by atoms with van der Waals surface area (Å²) >= 11 is 7.77. The first-order chi connectivity index (χ1) is 9.66. The van der Waals surface area contributed by atoms with Gasteiger partial charge in [0.05, 0.1) is 11.6 Å². The minimum atomic E-state index is -0.0406. The van der Waals surface area contributed by atoms with Crippen LogP contribution in [0, 0.1) is 5.41 Å². The van der Waals surface area contributed by atoms with E-state index >= 15 is 0 Å². The van der Waals surface area contributed by atoms with Gasteiger partial charge in [-0.25, -0.2) is 0 Å². The molecule has 0 saturated carbocycles. The van der Waals surface area contributed by atoms with Crippen LogP contribution < -0.4 is 10.5 Å². The zero-order chi connectivity index (χ0) is 14.4. The molecular weight excluding hydrogens is 292 g/mol. The summed E-state index contributed by atoms with van der Waals surface area (Å²) in [6.07, 6.45) is 0. The van der Waals surface area contributed by atoms with Gasteiger partial charge in [0.15, 0.2) is 0 Å². The van der Waals surface area contributed by atoms with Crippen LogP contribution in [0.25, 0.3) is 0 Å². The average molecular weight is 307 g/mol. The first-order valence-electron chi connectivity index (χ1n) is 6.11. The van der Waals surface area contributed by atoms with E-state index in [9.17, 15) is 0 Å². The molecule has 0 radical (unpaired) electrons. The number of rotatable bonds is 6. The Hall–Kier alpha value is -1.65. The van der Waals surface area contributed by atoms with E-state index in [1.165, 1.54) is 4.90 Å². The van der Waals surface area contributed by atoms with Gasteiger partial charge in [-0.3, -0.25) is 5.41 Å². The average Bonchev–Trinajstić information content (AvgIpc) is 2.44. The van der Waals surface area contributed by atoms with Gasteiger partial charge in [-0.1, -0.05) is 29.8 Å². The monoisotopic (exact) mass is 306 g/mol. The van der Waals surface area contributed by atoms with Gasteiger partial charge < -0.3 is 10.5 Å². The molecular formula is C15H15ClN2OS. The van der Waals surface area contributed by atoms with Gasteiger partial charge in [-0.2, -0.15) is 0 Å². The van der Waals surface area contributed by atoms with Gasteiger partial charge in [-0.05, 0) is 30.3 Å². The van der Waals surface area contributed by atoms with Gasteiger partial charge in [-0.15, -0.1) is 11.8 Å². The van der Waals surface area contributed by atoms with Gasteiger partial charge in [0.1, 0.15) is 11.6 Å². The number of nitrogens with two attached hydrogens (primary N) is 1. The minimum absolute atomic E-state index is 0.0406. The molecule has 3 N–H and O–H groups in total. The number of thioether (sulfide) groups is 1.